The third-order valence-corrected chi connectivity index (χ3v) is 3.58. The highest BCUT2D eigenvalue weighted by Crippen LogP contribution is 2.31. The lowest BCUT2D eigenvalue weighted by Gasteiger charge is -1.93. The minimum Gasteiger partial charge on any atom is -0.250 e. The third-order valence-electron chi connectivity index (χ3n) is 2.27. The number of nitrogens with zero attached hydrogens (tertiary/aromatic N) is 2. The van der Waals surface area contributed by atoms with E-state index in [1.54, 1.807) is 11.3 Å². The molecule has 0 aliphatic heterocycles. The van der Waals surface area contributed by atoms with E-state index in [2.05, 4.69) is 16.0 Å². The van der Waals surface area contributed by atoms with Gasteiger partial charge in [0.1, 0.15) is 16.2 Å². The van der Waals surface area contributed by atoms with Crippen molar-refractivity contribution in [3.8, 4) is 0 Å². The first-order chi connectivity index (χ1) is 7.24. The summed E-state index contributed by atoms with van der Waals surface area (Å²) in [4.78, 5) is 8.81. The SMILES string of the molecule is Cc1ccc2sc3ccc(Cl)nc3c2n1. The van der Waals surface area contributed by atoms with E-state index in [0.29, 0.717) is 5.15 Å². The molecule has 3 aromatic heterocycles. The molecule has 2 nitrogen and oxygen atoms in total. The summed E-state index contributed by atoms with van der Waals surface area (Å²) >= 11 is 7.58. The van der Waals surface area contributed by atoms with Gasteiger partial charge in [-0.15, -0.1) is 11.3 Å². The molecule has 0 bridgehead atoms. The molecule has 3 rings (SSSR count). The van der Waals surface area contributed by atoms with Crippen molar-refractivity contribution < 1.29 is 0 Å². The molecular weight excluding hydrogens is 228 g/mol. The maximum atomic E-state index is 5.88. The Morgan fingerprint density at radius 2 is 1.67 bits per heavy atom. The maximum Gasteiger partial charge on any atom is 0.129 e. The van der Waals surface area contributed by atoms with Crippen molar-refractivity contribution >= 4 is 43.4 Å². The maximum absolute atomic E-state index is 5.88. The molecule has 0 unspecified atom stereocenters. The van der Waals surface area contributed by atoms with Gasteiger partial charge in [-0.1, -0.05) is 11.6 Å². The summed E-state index contributed by atoms with van der Waals surface area (Å²) in [6.07, 6.45) is 0. The van der Waals surface area contributed by atoms with E-state index in [1.165, 1.54) is 0 Å². The van der Waals surface area contributed by atoms with Crippen molar-refractivity contribution in [3.63, 3.8) is 0 Å². The number of rotatable bonds is 0. The number of aromatic nitrogens is 2. The van der Waals surface area contributed by atoms with E-state index in [1.807, 2.05) is 25.1 Å². The summed E-state index contributed by atoms with van der Waals surface area (Å²) in [6.45, 7) is 1.98. The van der Waals surface area contributed by atoms with Gasteiger partial charge in [0, 0.05) is 5.69 Å². The predicted molar refractivity (Wildman–Crippen MR) is 64.7 cm³/mol. The molecule has 0 saturated heterocycles. The van der Waals surface area contributed by atoms with Crippen LogP contribution in [0.15, 0.2) is 24.3 Å². The molecule has 4 heteroatoms. The Labute approximate surface area is 95.5 Å². The van der Waals surface area contributed by atoms with E-state index >= 15 is 0 Å². The molecule has 15 heavy (non-hydrogen) atoms. The third kappa shape index (κ3) is 1.39. The Morgan fingerprint density at radius 1 is 1.00 bits per heavy atom. The lowest BCUT2D eigenvalue weighted by Crippen LogP contribution is -1.81. The fraction of sp³-hybridized carbons (Fsp3) is 0.0909. The van der Waals surface area contributed by atoms with Crippen molar-refractivity contribution in [1.29, 1.82) is 0 Å². The molecule has 0 N–H and O–H groups in total. The Hall–Kier alpha value is -1.19. The van der Waals surface area contributed by atoms with Crippen LogP contribution in [0, 0.1) is 6.92 Å². The van der Waals surface area contributed by atoms with Crippen molar-refractivity contribution in [2.75, 3.05) is 0 Å². The quantitative estimate of drug-likeness (QED) is 0.553. The summed E-state index contributed by atoms with van der Waals surface area (Å²) in [5.74, 6) is 0. The second-order valence-electron chi connectivity index (χ2n) is 3.38. The zero-order valence-electron chi connectivity index (χ0n) is 7.99. The molecule has 0 amide bonds. The first-order valence-corrected chi connectivity index (χ1v) is 5.76. The molecule has 0 aliphatic rings. The zero-order chi connectivity index (χ0) is 10.4. The van der Waals surface area contributed by atoms with Gasteiger partial charge < -0.3 is 0 Å². The Morgan fingerprint density at radius 3 is 2.47 bits per heavy atom. The summed E-state index contributed by atoms with van der Waals surface area (Å²) in [7, 11) is 0. The van der Waals surface area contributed by atoms with Gasteiger partial charge in [-0.2, -0.15) is 0 Å². The molecule has 0 radical (unpaired) electrons. The summed E-state index contributed by atoms with van der Waals surface area (Å²) in [5, 5.41) is 0.519. The molecule has 0 fully saturated rings. The topological polar surface area (TPSA) is 25.8 Å². The van der Waals surface area contributed by atoms with E-state index in [0.717, 1.165) is 26.1 Å². The molecule has 0 saturated carbocycles. The summed E-state index contributed by atoms with van der Waals surface area (Å²) in [6, 6.07) is 7.90. The van der Waals surface area contributed by atoms with Crippen molar-refractivity contribution in [2.24, 2.45) is 0 Å². The highest BCUT2D eigenvalue weighted by Gasteiger charge is 2.07. The van der Waals surface area contributed by atoms with Crippen LogP contribution in [-0.4, -0.2) is 9.97 Å². The standard InChI is InChI=1S/C11H7ClN2S/c1-6-2-3-7-10(13-6)11-8(15-7)4-5-9(12)14-11/h2-5H,1H3. The van der Waals surface area contributed by atoms with Crippen LogP contribution in [0.5, 0.6) is 0 Å². The monoisotopic (exact) mass is 234 g/mol. The number of aryl methyl sites for hydroxylation is 1. The fourth-order valence-corrected chi connectivity index (χ4v) is 2.72. The van der Waals surface area contributed by atoms with Crippen LogP contribution in [0.25, 0.3) is 20.4 Å². The number of hydrogen-bond donors (Lipinski definition) is 0. The largest absolute Gasteiger partial charge is 0.250 e. The van der Waals surface area contributed by atoms with Gasteiger partial charge in [0.15, 0.2) is 0 Å². The number of pyridine rings is 2. The molecule has 0 spiro atoms. The van der Waals surface area contributed by atoms with Crippen LogP contribution < -0.4 is 0 Å². The highest BCUT2D eigenvalue weighted by atomic mass is 35.5. The highest BCUT2D eigenvalue weighted by molar-refractivity contribution is 7.25. The molecule has 0 aromatic carbocycles. The average Bonchev–Trinajstić information content (AvgIpc) is 2.56. The summed E-state index contributed by atoms with van der Waals surface area (Å²) < 4.78 is 2.29. The number of fused-ring (bicyclic) bond motifs is 3. The Bertz CT molecular complexity index is 604. The van der Waals surface area contributed by atoms with Crippen LogP contribution in [-0.2, 0) is 0 Å². The first-order valence-electron chi connectivity index (χ1n) is 4.56. The van der Waals surface area contributed by atoms with Crippen molar-refractivity contribution in [1.82, 2.24) is 9.97 Å². The van der Waals surface area contributed by atoms with Crippen LogP contribution in [0.4, 0.5) is 0 Å². The van der Waals surface area contributed by atoms with E-state index in [-0.39, 0.29) is 0 Å². The average molecular weight is 235 g/mol. The van der Waals surface area contributed by atoms with E-state index in [4.69, 9.17) is 11.6 Å². The van der Waals surface area contributed by atoms with Gasteiger partial charge in [-0.3, -0.25) is 0 Å². The van der Waals surface area contributed by atoms with Crippen LogP contribution >= 0.6 is 22.9 Å². The van der Waals surface area contributed by atoms with Gasteiger partial charge in [-0.05, 0) is 31.2 Å². The van der Waals surface area contributed by atoms with Gasteiger partial charge in [0.2, 0.25) is 0 Å². The summed E-state index contributed by atoms with van der Waals surface area (Å²) in [5.41, 5.74) is 2.87. The second kappa shape index (κ2) is 3.15. The molecular formula is C11H7ClN2S. The molecule has 74 valence electrons. The van der Waals surface area contributed by atoms with Crippen molar-refractivity contribution in [2.45, 2.75) is 6.92 Å². The lowest BCUT2D eigenvalue weighted by molar-refractivity contribution is 1.26. The van der Waals surface area contributed by atoms with Gasteiger partial charge in [0.05, 0.1) is 9.40 Å². The first kappa shape index (κ1) is 9.07. The fourth-order valence-electron chi connectivity index (χ4n) is 1.59. The predicted octanol–water partition coefficient (Wildman–Crippen LogP) is 3.81. The van der Waals surface area contributed by atoms with Gasteiger partial charge in [0.25, 0.3) is 0 Å². The van der Waals surface area contributed by atoms with Gasteiger partial charge in [-0.25, -0.2) is 9.97 Å². The Kier molecular flexibility index (Phi) is 1.90. The Balaban J connectivity index is 2.55. The van der Waals surface area contributed by atoms with E-state index in [9.17, 15) is 0 Å². The number of hydrogen-bond acceptors (Lipinski definition) is 3. The van der Waals surface area contributed by atoms with Crippen LogP contribution in [0.3, 0.4) is 0 Å². The molecule has 3 aromatic rings. The van der Waals surface area contributed by atoms with Gasteiger partial charge >= 0.3 is 0 Å². The minimum absolute atomic E-state index is 0.519. The molecule has 0 atom stereocenters. The molecule has 3 heterocycles. The number of thiophene rings is 1. The van der Waals surface area contributed by atoms with E-state index < -0.39 is 0 Å². The zero-order valence-corrected chi connectivity index (χ0v) is 9.56. The van der Waals surface area contributed by atoms with Crippen LogP contribution in [0.2, 0.25) is 5.15 Å². The normalized spacial score (nSPS) is 11.3. The minimum atomic E-state index is 0.519. The van der Waals surface area contributed by atoms with Crippen molar-refractivity contribution in [3.05, 3.63) is 35.1 Å². The lowest BCUT2D eigenvalue weighted by atomic mass is 10.3. The number of halogens is 1. The van der Waals surface area contributed by atoms with Crippen LogP contribution in [0.1, 0.15) is 5.69 Å². The second-order valence-corrected chi connectivity index (χ2v) is 4.85. The smallest absolute Gasteiger partial charge is 0.129 e. The molecule has 0 aliphatic carbocycles.